The average Bonchev–Trinajstić information content (AvgIpc) is 2.72. The summed E-state index contributed by atoms with van der Waals surface area (Å²) in [5, 5.41) is 0.961. The van der Waals surface area contributed by atoms with Crippen molar-refractivity contribution in [2.24, 2.45) is 5.73 Å². The molecule has 2 rings (SSSR count). The zero-order chi connectivity index (χ0) is 13.0. The standard InChI is InChI=1S/C14H19NO3/c1-10(2)16-7-8-17-14-11-5-3-4-6-12(11)18-13(14)9-15/h3-6,10H,7-9,15H2,1-2H3. The van der Waals surface area contributed by atoms with E-state index in [-0.39, 0.29) is 6.10 Å². The van der Waals surface area contributed by atoms with E-state index in [1.54, 1.807) is 0 Å². The first-order chi connectivity index (χ1) is 8.72. The molecule has 0 spiro atoms. The van der Waals surface area contributed by atoms with Crippen molar-refractivity contribution >= 4 is 11.0 Å². The molecule has 0 amide bonds. The van der Waals surface area contributed by atoms with E-state index < -0.39 is 0 Å². The van der Waals surface area contributed by atoms with Gasteiger partial charge in [-0.3, -0.25) is 0 Å². The van der Waals surface area contributed by atoms with Gasteiger partial charge < -0.3 is 19.6 Å². The molecule has 2 N–H and O–H groups in total. The van der Waals surface area contributed by atoms with Gasteiger partial charge in [0.1, 0.15) is 12.2 Å². The van der Waals surface area contributed by atoms with Crippen LogP contribution in [0.2, 0.25) is 0 Å². The SMILES string of the molecule is CC(C)OCCOc1c(CN)oc2ccccc12. The van der Waals surface area contributed by atoms with Crippen LogP contribution in [0.4, 0.5) is 0 Å². The minimum Gasteiger partial charge on any atom is -0.487 e. The second-order valence-electron chi connectivity index (χ2n) is 4.32. The van der Waals surface area contributed by atoms with E-state index in [1.165, 1.54) is 0 Å². The van der Waals surface area contributed by atoms with Crippen LogP contribution in [0.15, 0.2) is 28.7 Å². The van der Waals surface area contributed by atoms with Crippen molar-refractivity contribution in [2.45, 2.75) is 26.5 Å². The first-order valence-corrected chi connectivity index (χ1v) is 6.17. The van der Waals surface area contributed by atoms with Crippen molar-refractivity contribution in [3.63, 3.8) is 0 Å². The van der Waals surface area contributed by atoms with Crippen LogP contribution in [0.25, 0.3) is 11.0 Å². The molecule has 98 valence electrons. The van der Waals surface area contributed by atoms with Crippen molar-refractivity contribution in [2.75, 3.05) is 13.2 Å². The van der Waals surface area contributed by atoms with Gasteiger partial charge in [0.2, 0.25) is 0 Å². The summed E-state index contributed by atoms with van der Waals surface area (Å²) in [5.41, 5.74) is 6.47. The second-order valence-corrected chi connectivity index (χ2v) is 4.32. The maximum Gasteiger partial charge on any atom is 0.169 e. The Morgan fingerprint density at radius 3 is 2.72 bits per heavy atom. The van der Waals surface area contributed by atoms with Gasteiger partial charge in [-0.05, 0) is 26.0 Å². The Balaban J connectivity index is 2.10. The van der Waals surface area contributed by atoms with Crippen molar-refractivity contribution in [1.82, 2.24) is 0 Å². The molecule has 1 aromatic carbocycles. The van der Waals surface area contributed by atoms with Crippen LogP contribution in [0.5, 0.6) is 5.75 Å². The fourth-order valence-electron chi connectivity index (χ4n) is 1.79. The maximum atomic E-state index is 5.73. The summed E-state index contributed by atoms with van der Waals surface area (Å²) in [6.07, 6.45) is 0.212. The number of nitrogens with two attached hydrogens (primary N) is 1. The van der Waals surface area contributed by atoms with E-state index in [2.05, 4.69) is 0 Å². The number of ether oxygens (including phenoxy) is 2. The van der Waals surface area contributed by atoms with E-state index in [9.17, 15) is 0 Å². The minimum absolute atomic E-state index is 0.212. The van der Waals surface area contributed by atoms with E-state index in [0.29, 0.717) is 25.5 Å². The van der Waals surface area contributed by atoms with Crippen LogP contribution in [0, 0.1) is 0 Å². The first-order valence-electron chi connectivity index (χ1n) is 6.17. The van der Waals surface area contributed by atoms with E-state index in [4.69, 9.17) is 19.6 Å². The predicted octanol–water partition coefficient (Wildman–Crippen LogP) is 2.70. The fourth-order valence-corrected chi connectivity index (χ4v) is 1.79. The van der Waals surface area contributed by atoms with Crippen LogP contribution < -0.4 is 10.5 Å². The normalized spacial score (nSPS) is 11.3. The molecule has 0 unspecified atom stereocenters. The van der Waals surface area contributed by atoms with Crippen molar-refractivity contribution in [1.29, 1.82) is 0 Å². The average molecular weight is 249 g/mol. The molecule has 4 nitrogen and oxygen atoms in total. The highest BCUT2D eigenvalue weighted by Gasteiger charge is 2.13. The lowest BCUT2D eigenvalue weighted by molar-refractivity contribution is 0.0551. The number of hydrogen-bond acceptors (Lipinski definition) is 4. The molecule has 0 fully saturated rings. The van der Waals surface area contributed by atoms with Crippen molar-refractivity contribution in [3.8, 4) is 5.75 Å². The second kappa shape index (κ2) is 5.89. The van der Waals surface area contributed by atoms with E-state index in [1.807, 2.05) is 38.1 Å². The molecule has 0 saturated carbocycles. The van der Waals surface area contributed by atoms with Crippen LogP contribution in [0.3, 0.4) is 0 Å². The molecule has 2 aromatic rings. The molecular formula is C14H19NO3. The number of rotatable bonds is 6. The lowest BCUT2D eigenvalue weighted by Gasteiger charge is -2.09. The van der Waals surface area contributed by atoms with Crippen molar-refractivity contribution in [3.05, 3.63) is 30.0 Å². The highest BCUT2D eigenvalue weighted by atomic mass is 16.5. The molecule has 1 heterocycles. The fraction of sp³-hybridized carbons (Fsp3) is 0.429. The molecule has 0 bridgehead atoms. The maximum absolute atomic E-state index is 5.73. The summed E-state index contributed by atoms with van der Waals surface area (Å²) in [7, 11) is 0. The Morgan fingerprint density at radius 1 is 1.22 bits per heavy atom. The van der Waals surface area contributed by atoms with Gasteiger partial charge in [-0.1, -0.05) is 12.1 Å². The molecule has 0 aliphatic carbocycles. The third-order valence-electron chi connectivity index (χ3n) is 2.58. The van der Waals surface area contributed by atoms with Gasteiger partial charge in [0.25, 0.3) is 0 Å². The molecule has 0 aliphatic heterocycles. The number of fused-ring (bicyclic) bond motifs is 1. The molecular weight excluding hydrogens is 230 g/mol. The quantitative estimate of drug-likeness (QED) is 0.800. The van der Waals surface area contributed by atoms with Crippen LogP contribution in [-0.2, 0) is 11.3 Å². The summed E-state index contributed by atoms with van der Waals surface area (Å²) >= 11 is 0. The summed E-state index contributed by atoms with van der Waals surface area (Å²) < 4.78 is 16.8. The molecule has 4 heteroatoms. The monoisotopic (exact) mass is 249 g/mol. The predicted molar refractivity (Wildman–Crippen MR) is 70.7 cm³/mol. The summed E-state index contributed by atoms with van der Waals surface area (Å²) in [4.78, 5) is 0. The Labute approximate surface area is 107 Å². The lowest BCUT2D eigenvalue weighted by Crippen LogP contribution is -2.12. The summed E-state index contributed by atoms with van der Waals surface area (Å²) in [6, 6.07) is 7.76. The van der Waals surface area contributed by atoms with Gasteiger partial charge in [0, 0.05) is 0 Å². The number of furan rings is 1. The largest absolute Gasteiger partial charge is 0.487 e. The zero-order valence-corrected chi connectivity index (χ0v) is 10.8. The Bertz CT molecular complexity index is 505. The molecule has 0 aliphatic rings. The van der Waals surface area contributed by atoms with Gasteiger partial charge in [-0.15, -0.1) is 0 Å². The lowest BCUT2D eigenvalue weighted by atomic mass is 10.2. The number of benzene rings is 1. The van der Waals surface area contributed by atoms with Gasteiger partial charge in [-0.2, -0.15) is 0 Å². The number of hydrogen-bond donors (Lipinski definition) is 1. The number of para-hydroxylation sites is 1. The van der Waals surface area contributed by atoms with Gasteiger partial charge >= 0.3 is 0 Å². The van der Waals surface area contributed by atoms with Crippen LogP contribution in [0.1, 0.15) is 19.6 Å². The summed E-state index contributed by atoms with van der Waals surface area (Å²) in [6.45, 7) is 5.38. The highest BCUT2D eigenvalue weighted by molar-refractivity contribution is 5.85. The minimum atomic E-state index is 0.212. The Morgan fingerprint density at radius 2 is 2.00 bits per heavy atom. The molecule has 0 atom stereocenters. The highest BCUT2D eigenvalue weighted by Crippen LogP contribution is 2.32. The summed E-state index contributed by atoms with van der Waals surface area (Å²) in [5.74, 6) is 1.42. The van der Waals surface area contributed by atoms with Gasteiger partial charge in [0.15, 0.2) is 11.5 Å². The van der Waals surface area contributed by atoms with E-state index in [0.717, 1.165) is 16.7 Å². The first kappa shape index (κ1) is 12.9. The smallest absolute Gasteiger partial charge is 0.169 e. The molecule has 1 aromatic heterocycles. The van der Waals surface area contributed by atoms with Gasteiger partial charge in [-0.25, -0.2) is 0 Å². The van der Waals surface area contributed by atoms with Crippen LogP contribution in [-0.4, -0.2) is 19.3 Å². The van der Waals surface area contributed by atoms with E-state index >= 15 is 0 Å². The third-order valence-corrected chi connectivity index (χ3v) is 2.58. The topological polar surface area (TPSA) is 57.6 Å². The van der Waals surface area contributed by atoms with Crippen molar-refractivity contribution < 1.29 is 13.9 Å². The zero-order valence-electron chi connectivity index (χ0n) is 10.8. The Kier molecular flexibility index (Phi) is 4.23. The molecule has 0 saturated heterocycles. The Hall–Kier alpha value is -1.52. The van der Waals surface area contributed by atoms with Crippen LogP contribution >= 0.6 is 0 Å². The molecule has 0 radical (unpaired) electrons. The molecule has 18 heavy (non-hydrogen) atoms. The van der Waals surface area contributed by atoms with Gasteiger partial charge in [0.05, 0.1) is 24.6 Å². The third kappa shape index (κ3) is 2.83.